The second-order valence-corrected chi connectivity index (χ2v) is 5.38. The van der Waals surface area contributed by atoms with Crippen LogP contribution >= 0.6 is 0 Å². The van der Waals surface area contributed by atoms with Gasteiger partial charge in [-0.25, -0.2) is 9.97 Å². The Kier molecular flexibility index (Phi) is 3.48. The van der Waals surface area contributed by atoms with Crippen molar-refractivity contribution in [2.24, 2.45) is 0 Å². The second-order valence-electron chi connectivity index (χ2n) is 5.38. The van der Waals surface area contributed by atoms with Crippen LogP contribution in [0.25, 0.3) is 22.6 Å². The minimum absolute atomic E-state index is 0.293. The minimum atomic E-state index is -0.358. The summed E-state index contributed by atoms with van der Waals surface area (Å²) in [5.41, 5.74) is 3.41. The van der Waals surface area contributed by atoms with Gasteiger partial charge in [-0.1, -0.05) is 18.2 Å². The number of benzene rings is 2. The van der Waals surface area contributed by atoms with Crippen LogP contribution in [0.4, 0.5) is 5.69 Å². The highest BCUT2D eigenvalue weighted by atomic mass is 16.1. The Morgan fingerprint density at radius 2 is 2.04 bits per heavy atom. The number of hydrogen-bond acceptors (Lipinski definition) is 4. The highest BCUT2D eigenvalue weighted by Gasteiger charge is 2.18. The fraction of sp³-hybridized carbons (Fsp3) is 0. The molecule has 0 aliphatic heterocycles. The smallest absolute Gasteiger partial charge is 0.274 e. The summed E-state index contributed by atoms with van der Waals surface area (Å²) in [5.74, 6) is 0.154. The predicted molar refractivity (Wildman–Crippen MR) is 92.8 cm³/mol. The lowest BCUT2D eigenvalue weighted by Gasteiger charge is -2.05. The molecule has 120 valence electrons. The van der Waals surface area contributed by atoms with Crippen LogP contribution in [0.1, 0.15) is 16.1 Å². The standard InChI is InChI=1S/C18H12N6O/c19-9-11-4-3-5-12(8-11)22-18(25)16-15(20-10-21-16)17-23-13-6-1-2-7-14(13)24-17/h1-8,10H,(H,20,21)(H,22,25)(H,23,24). The van der Waals surface area contributed by atoms with Crippen molar-refractivity contribution in [1.82, 2.24) is 19.9 Å². The monoisotopic (exact) mass is 328 g/mol. The van der Waals surface area contributed by atoms with E-state index in [2.05, 4.69) is 25.3 Å². The zero-order chi connectivity index (χ0) is 17.2. The fourth-order valence-electron chi connectivity index (χ4n) is 2.57. The van der Waals surface area contributed by atoms with E-state index in [1.807, 2.05) is 30.3 Å². The first-order chi connectivity index (χ1) is 12.2. The van der Waals surface area contributed by atoms with Crippen molar-refractivity contribution in [1.29, 1.82) is 5.26 Å². The van der Waals surface area contributed by atoms with Crippen molar-refractivity contribution in [3.63, 3.8) is 0 Å². The molecule has 0 aliphatic carbocycles. The number of aromatic amines is 2. The Labute approximate surface area is 142 Å². The number of nitrogens with one attached hydrogen (secondary N) is 3. The first kappa shape index (κ1) is 14.7. The minimum Gasteiger partial charge on any atom is -0.340 e. The molecule has 4 rings (SSSR count). The third kappa shape index (κ3) is 2.72. The topological polar surface area (TPSA) is 110 Å². The van der Waals surface area contributed by atoms with Crippen molar-refractivity contribution in [3.8, 4) is 17.6 Å². The largest absolute Gasteiger partial charge is 0.340 e. The number of H-pyrrole nitrogens is 2. The molecule has 25 heavy (non-hydrogen) atoms. The van der Waals surface area contributed by atoms with Gasteiger partial charge >= 0.3 is 0 Å². The molecule has 0 unspecified atom stereocenters. The molecule has 1 amide bonds. The molecule has 0 fully saturated rings. The zero-order valence-corrected chi connectivity index (χ0v) is 12.9. The Morgan fingerprint density at radius 3 is 2.88 bits per heavy atom. The number of para-hydroxylation sites is 2. The second kappa shape index (κ2) is 5.94. The molecule has 2 aromatic heterocycles. The molecule has 0 saturated carbocycles. The highest BCUT2D eigenvalue weighted by Crippen LogP contribution is 2.22. The molecule has 7 nitrogen and oxygen atoms in total. The van der Waals surface area contributed by atoms with Gasteiger partial charge in [0.1, 0.15) is 11.4 Å². The molecule has 3 N–H and O–H groups in total. The van der Waals surface area contributed by atoms with Gasteiger partial charge in [0.15, 0.2) is 5.82 Å². The fourth-order valence-corrected chi connectivity index (χ4v) is 2.57. The molecule has 0 spiro atoms. The number of fused-ring (bicyclic) bond motifs is 1. The maximum atomic E-state index is 12.6. The van der Waals surface area contributed by atoms with Crippen LogP contribution < -0.4 is 5.32 Å². The van der Waals surface area contributed by atoms with Gasteiger partial charge in [-0.15, -0.1) is 0 Å². The van der Waals surface area contributed by atoms with Gasteiger partial charge in [0.25, 0.3) is 5.91 Å². The van der Waals surface area contributed by atoms with Crippen molar-refractivity contribution >= 4 is 22.6 Å². The highest BCUT2D eigenvalue weighted by molar-refractivity contribution is 6.06. The number of rotatable bonds is 3. The summed E-state index contributed by atoms with van der Waals surface area (Å²) < 4.78 is 0. The van der Waals surface area contributed by atoms with E-state index in [1.54, 1.807) is 24.3 Å². The molecular weight excluding hydrogens is 316 g/mol. The molecule has 0 atom stereocenters. The molecular formula is C18H12N6O. The maximum absolute atomic E-state index is 12.6. The summed E-state index contributed by atoms with van der Waals surface area (Å²) in [6, 6.07) is 16.3. The van der Waals surface area contributed by atoms with Gasteiger partial charge in [0, 0.05) is 5.69 Å². The number of carbonyl (C=O) groups is 1. The normalized spacial score (nSPS) is 10.5. The van der Waals surface area contributed by atoms with Crippen LogP contribution in [-0.2, 0) is 0 Å². The summed E-state index contributed by atoms with van der Waals surface area (Å²) >= 11 is 0. The van der Waals surface area contributed by atoms with Gasteiger partial charge in [-0.3, -0.25) is 4.79 Å². The van der Waals surface area contributed by atoms with E-state index in [9.17, 15) is 4.79 Å². The lowest BCUT2D eigenvalue weighted by atomic mass is 10.2. The average molecular weight is 328 g/mol. The van der Waals surface area contributed by atoms with Gasteiger partial charge in [0.2, 0.25) is 0 Å². The molecule has 0 saturated heterocycles. The summed E-state index contributed by atoms with van der Waals surface area (Å²) in [6.45, 7) is 0. The number of nitrogens with zero attached hydrogens (tertiary/aromatic N) is 3. The van der Waals surface area contributed by atoms with Crippen LogP contribution in [0.3, 0.4) is 0 Å². The Morgan fingerprint density at radius 1 is 1.16 bits per heavy atom. The van der Waals surface area contributed by atoms with Crippen LogP contribution in [0, 0.1) is 11.3 Å². The Hall–Kier alpha value is -3.92. The average Bonchev–Trinajstić information content (AvgIpc) is 3.28. The SMILES string of the molecule is N#Cc1cccc(NC(=O)c2[nH]cnc2-c2nc3ccccc3[nH]2)c1. The molecule has 2 heterocycles. The summed E-state index contributed by atoms with van der Waals surface area (Å²) in [7, 11) is 0. The lowest BCUT2D eigenvalue weighted by molar-refractivity contribution is 0.102. The van der Waals surface area contributed by atoms with Crippen LogP contribution in [0.5, 0.6) is 0 Å². The summed E-state index contributed by atoms with van der Waals surface area (Å²) in [6.07, 6.45) is 1.45. The van der Waals surface area contributed by atoms with Gasteiger partial charge < -0.3 is 15.3 Å². The summed E-state index contributed by atoms with van der Waals surface area (Å²) in [5, 5.41) is 11.7. The molecule has 0 bridgehead atoms. The van der Waals surface area contributed by atoms with Crippen LogP contribution in [0.2, 0.25) is 0 Å². The van der Waals surface area contributed by atoms with Crippen molar-refractivity contribution < 1.29 is 4.79 Å². The van der Waals surface area contributed by atoms with E-state index in [0.29, 0.717) is 28.5 Å². The first-order valence-corrected chi connectivity index (χ1v) is 7.54. The van der Waals surface area contributed by atoms with E-state index in [4.69, 9.17) is 5.26 Å². The van der Waals surface area contributed by atoms with E-state index in [-0.39, 0.29) is 5.91 Å². The molecule has 7 heteroatoms. The molecule has 0 aliphatic rings. The lowest BCUT2D eigenvalue weighted by Crippen LogP contribution is -2.13. The van der Waals surface area contributed by atoms with E-state index < -0.39 is 0 Å². The van der Waals surface area contributed by atoms with Gasteiger partial charge in [-0.05, 0) is 30.3 Å². The predicted octanol–water partition coefficient (Wildman–Crippen LogP) is 3.08. The molecule has 4 aromatic rings. The number of carbonyl (C=O) groups excluding carboxylic acids is 1. The molecule has 0 radical (unpaired) electrons. The number of aromatic nitrogens is 4. The third-order valence-corrected chi connectivity index (χ3v) is 3.73. The maximum Gasteiger partial charge on any atom is 0.274 e. The Balaban J connectivity index is 1.66. The third-order valence-electron chi connectivity index (χ3n) is 3.73. The van der Waals surface area contributed by atoms with Crippen LogP contribution in [0.15, 0.2) is 54.9 Å². The van der Waals surface area contributed by atoms with Gasteiger partial charge in [-0.2, -0.15) is 5.26 Å². The van der Waals surface area contributed by atoms with E-state index in [0.717, 1.165) is 11.0 Å². The van der Waals surface area contributed by atoms with Crippen LogP contribution in [-0.4, -0.2) is 25.8 Å². The zero-order valence-electron chi connectivity index (χ0n) is 12.9. The number of anilines is 1. The van der Waals surface area contributed by atoms with E-state index in [1.165, 1.54) is 6.33 Å². The molecule has 2 aromatic carbocycles. The quantitative estimate of drug-likeness (QED) is 0.536. The number of hydrogen-bond donors (Lipinski definition) is 3. The van der Waals surface area contributed by atoms with Gasteiger partial charge in [0.05, 0.1) is 29.0 Å². The first-order valence-electron chi connectivity index (χ1n) is 7.54. The van der Waals surface area contributed by atoms with Crippen molar-refractivity contribution in [3.05, 3.63) is 66.1 Å². The Bertz CT molecular complexity index is 1080. The number of amides is 1. The van der Waals surface area contributed by atoms with E-state index >= 15 is 0 Å². The van der Waals surface area contributed by atoms with Crippen molar-refractivity contribution in [2.45, 2.75) is 0 Å². The number of imidazole rings is 2. The summed E-state index contributed by atoms with van der Waals surface area (Å²) in [4.78, 5) is 27.3. The van der Waals surface area contributed by atoms with Crippen molar-refractivity contribution in [2.75, 3.05) is 5.32 Å². The number of nitriles is 1.